The van der Waals surface area contributed by atoms with Gasteiger partial charge < -0.3 is 4.18 Å². The number of rotatable bonds is 5. The molecule has 0 atom stereocenters. The molecular weight excluding hydrogens is 520 g/mol. The number of sulfone groups is 1. The Kier molecular flexibility index (Phi) is 6.15. The first kappa shape index (κ1) is 25.4. The maximum absolute atomic E-state index is 13.0. The smallest absolute Gasteiger partial charge is 0.374 e. The van der Waals surface area contributed by atoms with E-state index in [1.165, 1.54) is 0 Å². The molecule has 0 saturated carbocycles. The Labute approximate surface area is 186 Å². The van der Waals surface area contributed by atoms with Crippen LogP contribution in [0.1, 0.15) is 12.5 Å². The summed E-state index contributed by atoms with van der Waals surface area (Å²) in [5, 5.41) is 3.15. The Morgan fingerprint density at radius 1 is 1.00 bits per heavy atom. The summed E-state index contributed by atoms with van der Waals surface area (Å²) in [5.41, 5.74) is -8.23. The van der Waals surface area contributed by atoms with Gasteiger partial charge >= 0.3 is 21.8 Å². The van der Waals surface area contributed by atoms with Crippen LogP contribution in [-0.2, 0) is 26.1 Å². The summed E-state index contributed by atoms with van der Waals surface area (Å²) >= 11 is 0. The van der Waals surface area contributed by atoms with E-state index in [1.807, 2.05) is 0 Å². The molecule has 1 aromatic carbocycles. The quantitative estimate of drug-likeness (QED) is 0.280. The van der Waals surface area contributed by atoms with Gasteiger partial charge in [-0.2, -0.15) is 44.5 Å². The number of aromatic nitrogens is 3. The second-order valence-electron chi connectivity index (χ2n) is 6.54. The summed E-state index contributed by atoms with van der Waals surface area (Å²) in [4.78, 5) is 15.4. The molecule has 9 nitrogen and oxygen atoms in total. The molecule has 184 valence electrons. The molecule has 0 aliphatic heterocycles. The predicted octanol–water partition coefficient (Wildman–Crippen LogP) is 2.82. The Hall–Kier alpha value is -3.21. The van der Waals surface area contributed by atoms with Gasteiger partial charge in [-0.05, 0) is 12.1 Å². The first-order valence-electron chi connectivity index (χ1n) is 8.81. The van der Waals surface area contributed by atoms with E-state index in [1.54, 1.807) is 0 Å². The fourth-order valence-electron chi connectivity index (χ4n) is 2.65. The maximum atomic E-state index is 13.0. The van der Waals surface area contributed by atoms with Crippen LogP contribution >= 0.6 is 0 Å². The fourth-order valence-corrected chi connectivity index (χ4v) is 4.11. The zero-order valence-corrected chi connectivity index (χ0v) is 18.2. The lowest BCUT2D eigenvalue weighted by molar-refractivity contribution is -0.137. The molecule has 0 unspecified atom stereocenters. The molecule has 17 heteroatoms. The van der Waals surface area contributed by atoms with Crippen LogP contribution in [0.3, 0.4) is 0 Å². The summed E-state index contributed by atoms with van der Waals surface area (Å²) in [7, 11) is -10.6. The van der Waals surface area contributed by atoms with Gasteiger partial charge in [-0.1, -0.05) is 13.0 Å². The normalized spacial score (nSPS) is 13.3. The third kappa shape index (κ3) is 4.70. The van der Waals surface area contributed by atoms with Crippen molar-refractivity contribution in [1.29, 1.82) is 0 Å². The minimum absolute atomic E-state index is 0.0228. The zero-order chi connectivity index (χ0) is 25.7. The summed E-state index contributed by atoms with van der Waals surface area (Å²) < 4.78 is 129. The highest BCUT2D eigenvalue weighted by Gasteiger charge is 2.48. The summed E-state index contributed by atoms with van der Waals surface area (Å²) in [6.07, 6.45) is -3.47. The monoisotopic (exact) mass is 531 g/mol. The summed E-state index contributed by atoms with van der Waals surface area (Å²) in [6.45, 7) is 1.13. The third-order valence-electron chi connectivity index (χ3n) is 4.33. The van der Waals surface area contributed by atoms with E-state index in [4.69, 9.17) is 0 Å². The Bertz CT molecular complexity index is 1550. The van der Waals surface area contributed by atoms with Gasteiger partial charge in [0, 0.05) is 11.5 Å². The van der Waals surface area contributed by atoms with E-state index in [0.717, 1.165) is 19.2 Å². The highest BCUT2D eigenvalue weighted by Crippen LogP contribution is 2.32. The molecule has 0 saturated heterocycles. The van der Waals surface area contributed by atoms with Gasteiger partial charge in [-0.15, -0.1) is 0 Å². The maximum Gasteiger partial charge on any atom is 0.534 e. The first-order valence-corrected chi connectivity index (χ1v) is 11.9. The number of benzene rings is 1. The minimum Gasteiger partial charge on any atom is -0.374 e. The molecule has 0 amide bonds. The summed E-state index contributed by atoms with van der Waals surface area (Å²) in [5.74, 6) is -2.60. The largest absolute Gasteiger partial charge is 0.534 e. The molecule has 3 rings (SSSR count). The molecule has 0 spiro atoms. The molecular formula is C17H11F6N3O6S2. The summed E-state index contributed by atoms with van der Waals surface area (Å²) in [6, 6.07) is 2.56. The second-order valence-corrected chi connectivity index (χ2v) is 10.3. The Balaban J connectivity index is 2.27. The van der Waals surface area contributed by atoms with Gasteiger partial charge in [-0.25, -0.2) is 13.4 Å². The van der Waals surface area contributed by atoms with Crippen molar-refractivity contribution in [2.24, 2.45) is 0 Å². The van der Waals surface area contributed by atoms with Gasteiger partial charge in [0.1, 0.15) is 4.90 Å². The van der Waals surface area contributed by atoms with Gasteiger partial charge in [0.15, 0.2) is 21.4 Å². The topological polar surface area (TPSA) is 125 Å². The first-order chi connectivity index (χ1) is 15.5. The predicted molar refractivity (Wildman–Crippen MR) is 103 cm³/mol. The highest BCUT2D eigenvalue weighted by atomic mass is 32.2. The van der Waals surface area contributed by atoms with Crippen molar-refractivity contribution in [1.82, 2.24) is 14.8 Å². The van der Waals surface area contributed by atoms with Crippen LogP contribution in [0.2, 0.25) is 0 Å². The van der Waals surface area contributed by atoms with Crippen molar-refractivity contribution >= 4 is 30.7 Å². The number of hydrogen-bond acceptors (Lipinski definition) is 8. The van der Waals surface area contributed by atoms with Gasteiger partial charge in [-0.3, -0.25) is 4.79 Å². The number of pyridine rings is 1. The van der Waals surface area contributed by atoms with Crippen LogP contribution in [0.15, 0.2) is 46.3 Å². The van der Waals surface area contributed by atoms with Crippen LogP contribution < -0.4 is 9.74 Å². The lowest BCUT2D eigenvalue weighted by Crippen LogP contribution is -2.28. The minimum atomic E-state index is -6.18. The molecule has 34 heavy (non-hydrogen) atoms. The lowest BCUT2D eigenvalue weighted by atomic mass is 10.1. The molecule has 3 aromatic rings. The average molecular weight is 531 g/mol. The number of nitrogens with zero attached hydrogens (tertiary/aromatic N) is 3. The number of hydrogen-bond donors (Lipinski definition) is 0. The van der Waals surface area contributed by atoms with Crippen LogP contribution in [0.5, 0.6) is 5.75 Å². The lowest BCUT2D eigenvalue weighted by Gasteiger charge is -2.14. The van der Waals surface area contributed by atoms with Crippen molar-refractivity contribution in [3.63, 3.8) is 0 Å². The van der Waals surface area contributed by atoms with E-state index in [0.29, 0.717) is 29.1 Å². The van der Waals surface area contributed by atoms with Crippen molar-refractivity contribution in [2.45, 2.75) is 23.5 Å². The van der Waals surface area contributed by atoms with Crippen LogP contribution in [0.4, 0.5) is 26.3 Å². The van der Waals surface area contributed by atoms with E-state index >= 15 is 0 Å². The number of fused-ring (bicyclic) bond motifs is 1. The number of halogens is 6. The van der Waals surface area contributed by atoms with Crippen LogP contribution in [0, 0.1) is 0 Å². The van der Waals surface area contributed by atoms with Gasteiger partial charge in [0.05, 0.1) is 29.1 Å². The van der Waals surface area contributed by atoms with Crippen molar-refractivity contribution in [2.75, 3.05) is 5.75 Å². The van der Waals surface area contributed by atoms with Gasteiger partial charge in [0.25, 0.3) is 5.56 Å². The number of alkyl halides is 6. The van der Waals surface area contributed by atoms with Crippen molar-refractivity contribution in [3.8, 4) is 11.6 Å². The van der Waals surface area contributed by atoms with Crippen LogP contribution in [0.25, 0.3) is 16.6 Å². The fraction of sp³-hybridized carbons (Fsp3) is 0.235. The van der Waals surface area contributed by atoms with Crippen molar-refractivity contribution in [3.05, 3.63) is 52.6 Å². The molecule has 0 aliphatic rings. The molecule has 0 radical (unpaired) electrons. The van der Waals surface area contributed by atoms with E-state index in [2.05, 4.69) is 14.3 Å². The molecule has 0 N–H and O–H groups in total. The second kappa shape index (κ2) is 8.23. The molecule has 0 bridgehead atoms. The average Bonchev–Trinajstić information content (AvgIpc) is 2.72. The van der Waals surface area contributed by atoms with E-state index < -0.39 is 70.4 Å². The molecule has 2 aromatic heterocycles. The Morgan fingerprint density at radius 3 is 2.21 bits per heavy atom. The zero-order valence-electron chi connectivity index (χ0n) is 16.5. The van der Waals surface area contributed by atoms with Gasteiger partial charge in [0.2, 0.25) is 0 Å². The van der Waals surface area contributed by atoms with Crippen molar-refractivity contribution < 1.29 is 47.4 Å². The standard InChI is InChI=1S/C17H11F6N3O6S2/c1-2-33(28,29)13-6-11(32-34(30,31)17(21,22)23)8-24-14(13)26-15(27)12-5-10(16(18,19)20)4-3-9(12)7-25-26/h3-8H,2H2,1H3. The SMILES string of the molecule is CCS(=O)(=O)c1cc(OS(=O)(=O)C(F)(F)F)cnc1-n1ncc2ccc(C(F)(F)F)cc2c1=O. The van der Waals surface area contributed by atoms with Crippen LogP contribution in [-0.4, -0.2) is 42.9 Å². The molecule has 0 fully saturated rings. The highest BCUT2D eigenvalue weighted by molar-refractivity contribution is 7.91. The molecule has 2 heterocycles. The van der Waals surface area contributed by atoms with E-state index in [-0.39, 0.29) is 5.39 Å². The third-order valence-corrected chi connectivity index (χ3v) is 7.04. The Morgan fingerprint density at radius 2 is 1.65 bits per heavy atom. The molecule has 0 aliphatic carbocycles. The van der Waals surface area contributed by atoms with E-state index in [9.17, 15) is 48.0 Å².